The lowest BCUT2D eigenvalue weighted by Gasteiger charge is -2.29. The van der Waals surface area contributed by atoms with Crippen molar-refractivity contribution in [2.75, 3.05) is 23.4 Å². The maximum Gasteiger partial charge on any atom is 0.332 e. The Morgan fingerprint density at radius 2 is 1.81 bits per heavy atom. The maximum absolute atomic E-state index is 12.9. The quantitative estimate of drug-likeness (QED) is 0.614. The van der Waals surface area contributed by atoms with Gasteiger partial charge in [0.1, 0.15) is 0 Å². The number of hydrogen-bond acceptors (Lipinski definition) is 6. The molecule has 2 aromatic heterocycles. The first kappa shape index (κ1) is 21.9. The molecule has 0 bridgehead atoms. The fourth-order valence-corrected chi connectivity index (χ4v) is 4.08. The van der Waals surface area contributed by atoms with E-state index >= 15 is 0 Å². The van der Waals surface area contributed by atoms with Crippen molar-refractivity contribution in [1.29, 1.82) is 0 Å². The van der Waals surface area contributed by atoms with Gasteiger partial charge >= 0.3 is 5.69 Å². The normalized spacial score (nSPS) is 15.7. The van der Waals surface area contributed by atoms with Gasteiger partial charge in [-0.2, -0.15) is 10.1 Å². The third-order valence-electron chi connectivity index (χ3n) is 6.20. The molecule has 3 heterocycles. The number of nitrogens with zero attached hydrogens (tertiary/aromatic N) is 6. The van der Waals surface area contributed by atoms with Crippen molar-refractivity contribution in [1.82, 2.24) is 18.7 Å². The predicted octanol–water partition coefficient (Wildman–Crippen LogP) is 2.65. The van der Waals surface area contributed by atoms with Gasteiger partial charge in [0, 0.05) is 26.3 Å². The van der Waals surface area contributed by atoms with E-state index in [1.165, 1.54) is 30.0 Å². The summed E-state index contributed by atoms with van der Waals surface area (Å²) in [5, 5.41) is 9.96. The van der Waals surface area contributed by atoms with E-state index in [9.17, 15) is 9.59 Å². The summed E-state index contributed by atoms with van der Waals surface area (Å²) >= 11 is 0. The van der Waals surface area contributed by atoms with Crippen LogP contribution in [-0.4, -0.2) is 37.5 Å². The molecule has 0 saturated carbocycles. The summed E-state index contributed by atoms with van der Waals surface area (Å²) in [4.78, 5) is 29.9. The zero-order valence-corrected chi connectivity index (χ0v) is 19.4. The van der Waals surface area contributed by atoms with Crippen molar-refractivity contribution in [3.8, 4) is 0 Å². The Labute approximate surface area is 187 Å². The summed E-state index contributed by atoms with van der Waals surface area (Å²) < 4.78 is 4.43. The fraction of sp³-hybridized carbons (Fsp3) is 0.478. The minimum absolute atomic E-state index is 0.125. The average molecular weight is 438 g/mol. The number of fused-ring (bicyclic) bond motifs is 3. The lowest BCUT2D eigenvalue weighted by molar-refractivity contribution is 0.638. The van der Waals surface area contributed by atoms with Crippen LogP contribution in [0.1, 0.15) is 45.2 Å². The third-order valence-corrected chi connectivity index (χ3v) is 6.20. The van der Waals surface area contributed by atoms with E-state index in [1.807, 2.05) is 23.4 Å². The molecule has 0 spiro atoms. The Bertz CT molecular complexity index is 1280. The van der Waals surface area contributed by atoms with Gasteiger partial charge in [0.25, 0.3) is 5.56 Å². The average Bonchev–Trinajstić information content (AvgIpc) is 3.20. The second-order valence-electron chi connectivity index (χ2n) is 8.43. The molecular formula is C23H31N7O2. The molecule has 1 aliphatic heterocycles. The van der Waals surface area contributed by atoms with Gasteiger partial charge in [-0.3, -0.25) is 18.5 Å². The van der Waals surface area contributed by atoms with Crippen LogP contribution in [-0.2, 0) is 20.5 Å². The van der Waals surface area contributed by atoms with Gasteiger partial charge < -0.3 is 5.32 Å². The molecule has 0 amide bonds. The molecule has 0 radical (unpaired) electrons. The number of unbranched alkanes of at least 4 members (excludes halogenated alkanes) is 1. The number of hydrogen-bond donors (Lipinski definition) is 1. The van der Waals surface area contributed by atoms with Gasteiger partial charge in [-0.25, -0.2) is 9.80 Å². The van der Waals surface area contributed by atoms with Crippen LogP contribution in [0.3, 0.4) is 0 Å². The summed E-state index contributed by atoms with van der Waals surface area (Å²) in [6, 6.07) is 8.41. The van der Waals surface area contributed by atoms with Crippen LogP contribution in [0, 0.1) is 0 Å². The maximum atomic E-state index is 12.9. The Kier molecular flexibility index (Phi) is 5.90. The first-order valence-electron chi connectivity index (χ1n) is 11.2. The van der Waals surface area contributed by atoms with Crippen molar-refractivity contribution in [3.63, 3.8) is 0 Å². The van der Waals surface area contributed by atoms with Crippen molar-refractivity contribution in [3.05, 3.63) is 50.7 Å². The molecule has 9 heteroatoms. The predicted molar refractivity (Wildman–Crippen MR) is 129 cm³/mol. The zero-order chi connectivity index (χ0) is 23.0. The van der Waals surface area contributed by atoms with E-state index in [2.05, 4.69) is 41.5 Å². The van der Waals surface area contributed by atoms with Crippen molar-refractivity contribution < 1.29 is 0 Å². The van der Waals surface area contributed by atoms with Gasteiger partial charge in [0.15, 0.2) is 11.2 Å². The first-order valence-corrected chi connectivity index (χ1v) is 11.2. The third kappa shape index (κ3) is 3.72. The van der Waals surface area contributed by atoms with E-state index in [4.69, 9.17) is 5.10 Å². The minimum Gasteiger partial charge on any atom is -0.383 e. The van der Waals surface area contributed by atoms with E-state index in [-0.39, 0.29) is 17.3 Å². The van der Waals surface area contributed by atoms with Gasteiger partial charge in [0.05, 0.1) is 18.3 Å². The van der Waals surface area contributed by atoms with Crippen molar-refractivity contribution in [2.24, 2.45) is 19.2 Å². The molecule has 0 aliphatic carbocycles. The van der Waals surface area contributed by atoms with Gasteiger partial charge in [-0.1, -0.05) is 25.5 Å². The number of rotatable bonds is 7. The highest BCUT2D eigenvalue weighted by atomic mass is 16.2. The Morgan fingerprint density at radius 1 is 1.09 bits per heavy atom. The van der Waals surface area contributed by atoms with E-state index in [1.54, 1.807) is 7.05 Å². The number of benzene rings is 1. The number of aromatic nitrogens is 4. The van der Waals surface area contributed by atoms with Crippen LogP contribution in [0.4, 0.5) is 11.6 Å². The highest BCUT2D eigenvalue weighted by Crippen LogP contribution is 2.29. The number of nitrogens with one attached hydrogen (secondary N) is 1. The summed E-state index contributed by atoms with van der Waals surface area (Å²) in [7, 11) is 3.13. The monoisotopic (exact) mass is 437 g/mol. The SMILES string of the molecule is CCCCc1ccc(NCCN2N=C(C)[C@@H](C)n3c2nc2c3c(=O)n(C)c(=O)n2C)cc1. The van der Waals surface area contributed by atoms with Gasteiger partial charge in [-0.05, 0) is 44.4 Å². The molecule has 3 aromatic rings. The van der Waals surface area contributed by atoms with Crippen LogP contribution < -0.4 is 21.6 Å². The topological polar surface area (TPSA) is 89.5 Å². The van der Waals surface area contributed by atoms with E-state index < -0.39 is 0 Å². The molecule has 32 heavy (non-hydrogen) atoms. The molecule has 9 nitrogen and oxygen atoms in total. The molecule has 1 aliphatic rings. The van der Waals surface area contributed by atoms with Crippen LogP contribution in [0.25, 0.3) is 11.2 Å². The van der Waals surface area contributed by atoms with E-state index in [0.29, 0.717) is 30.2 Å². The molecule has 0 unspecified atom stereocenters. The molecule has 4 rings (SSSR count). The van der Waals surface area contributed by atoms with Crippen molar-refractivity contribution in [2.45, 2.75) is 46.1 Å². The number of imidazole rings is 1. The molecule has 0 saturated heterocycles. The van der Waals surface area contributed by atoms with Crippen LogP contribution in [0.5, 0.6) is 0 Å². The molecule has 0 fully saturated rings. The summed E-state index contributed by atoms with van der Waals surface area (Å²) in [6.45, 7) is 7.36. The molecule has 1 atom stereocenters. The number of aryl methyl sites for hydroxylation is 2. The highest BCUT2D eigenvalue weighted by Gasteiger charge is 2.30. The standard InChI is InChI=1S/C23H31N7O2/c1-6-7-8-17-9-11-18(12-10-17)24-13-14-29-22-25-20-19(30(22)16(3)15(2)26-29)21(31)28(5)23(32)27(20)4/h9-12,16,24H,6-8,13-14H2,1-5H3/t16-/m1/s1. The smallest absolute Gasteiger partial charge is 0.332 e. The molecular weight excluding hydrogens is 406 g/mol. The zero-order valence-electron chi connectivity index (χ0n) is 19.4. The van der Waals surface area contributed by atoms with E-state index in [0.717, 1.165) is 22.4 Å². The van der Waals surface area contributed by atoms with Gasteiger partial charge in [-0.15, -0.1) is 0 Å². The largest absolute Gasteiger partial charge is 0.383 e. The highest BCUT2D eigenvalue weighted by molar-refractivity contribution is 5.91. The molecule has 1 N–H and O–H groups in total. The second-order valence-corrected chi connectivity index (χ2v) is 8.43. The molecule has 170 valence electrons. The van der Waals surface area contributed by atoms with Crippen molar-refractivity contribution >= 4 is 28.5 Å². The Morgan fingerprint density at radius 3 is 2.50 bits per heavy atom. The first-order chi connectivity index (χ1) is 15.3. The fourth-order valence-electron chi connectivity index (χ4n) is 4.08. The van der Waals surface area contributed by atoms with Gasteiger partial charge in [0.2, 0.25) is 5.95 Å². The number of hydrazone groups is 1. The summed E-state index contributed by atoms with van der Waals surface area (Å²) in [6.07, 6.45) is 3.50. The van der Waals surface area contributed by atoms with Crippen LogP contribution in [0.15, 0.2) is 39.0 Å². The Hall–Kier alpha value is -3.36. The minimum atomic E-state index is -0.390. The number of anilines is 2. The van der Waals surface area contributed by atoms with Crippen LogP contribution in [0.2, 0.25) is 0 Å². The second kappa shape index (κ2) is 8.64. The van der Waals surface area contributed by atoms with Crippen LogP contribution >= 0.6 is 0 Å². The summed E-state index contributed by atoms with van der Waals surface area (Å²) in [5.41, 5.74) is 3.36. The Balaban J connectivity index is 1.59. The lowest BCUT2D eigenvalue weighted by Crippen LogP contribution is -2.39. The molecule has 1 aromatic carbocycles. The lowest BCUT2D eigenvalue weighted by atomic mass is 10.1. The summed E-state index contributed by atoms with van der Waals surface area (Å²) in [5.74, 6) is 0.577.